The predicted octanol–water partition coefficient (Wildman–Crippen LogP) is 2.42. The van der Waals surface area contributed by atoms with Crippen LogP contribution in [0.5, 0.6) is 23.0 Å². The topological polar surface area (TPSA) is 137 Å². The van der Waals surface area contributed by atoms with Gasteiger partial charge in [0.1, 0.15) is 0 Å². The molecule has 1 unspecified atom stereocenters. The summed E-state index contributed by atoms with van der Waals surface area (Å²) < 4.78 is 29.4. The third-order valence-corrected chi connectivity index (χ3v) is 8.02. The summed E-state index contributed by atoms with van der Waals surface area (Å²) >= 11 is 0. The van der Waals surface area contributed by atoms with Gasteiger partial charge in [-0.15, -0.1) is 0 Å². The molecule has 1 atom stereocenters. The van der Waals surface area contributed by atoms with Crippen molar-refractivity contribution in [2.24, 2.45) is 0 Å². The molecule has 12 heteroatoms. The van der Waals surface area contributed by atoms with Gasteiger partial charge in [-0.3, -0.25) is 19.8 Å². The first-order valence-corrected chi connectivity index (χ1v) is 13.9. The lowest BCUT2D eigenvalue weighted by atomic mass is 9.95. The molecule has 2 aromatic heterocycles. The average Bonchev–Trinajstić information content (AvgIpc) is 3.67. The molecule has 3 N–H and O–H groups in total. The smallest absolute Gasteiger partial charge is 0.259 e. The Morgan fingerprint density at radius 1 is 0.814 bits per heavy atom. The highest BCUT2D eigenvalue weighted by atomic mass is 16.5. The van der Waals surface area contributed by atoms with Gasteiger partial charge in [0.15, 0.2) is 23.0 Å². The fourth-order valence-corrected chi connectivity index (χ4v) is 5.96. The quantitative estimate of drug-likeness (QED) is 0.238. The number of methoxy groups -OCH3 is 4. The largest absolute Gasteiger partial charge is 0.493 e. The first kappa shape index (κ1) is 28.6. The number of fused-ring (bicyclic) bond motifs is 2. The van der Waals surface area contributed by atoms with E-state index in [1.54, 1.807) is 44.8 Å². The van der Waals surface area contributed by atoms with Crippen molar-refractivity contribution < 1.29 is 38.4 Å². The van der Waals surface area contributed by atoms with E-state index in [0.29, 0.717) is 70.2 Å². The van der Waals surface area contributed by atoms with Crippen LogP contribution < -0.4 is 24.3 Å². The van der Waals surface area contributed by atoms with Crippen LogP contribution >= 0.6 is 0 Å². The fourth-order valence-electron chi connectivity index (χ4n) is 5.96. The second-order valence-corrected chi connectivity index (χ2v) is 10.5. The van der Waals surface area contributed by atoms with Crippen molar-refractivity contribution in [1.29, 1.82) is 0 Å². The number of aromatic amines is 1. The number of morpholine rings is 1. The van der Waals surface area contributed by atoms with E-state index in [-0.39, 0.29) is 17.7 Å². The summed E-state index contributed by atoms with van der Waals surface area (Å²) in [6.07, 6.45) is 2.81. The molecule has 6 rings (SSSR count). The Labute approximate surface area is 247 Å². The van der Waals surface area contributed by atoms with Crippen molar-refractivity contribution in [3.8, 4) is 23.0 Å². The Morgan fingerprint density at radius 2 is 1.40 bits per heavy atom. The third kappa shape index (κ3) is 5.07. The minimum absolute atomic E-state index is 0.222. The Bertz CT molecular complexity index is 1750. The second-order valence-electron chi connectivity index (χ2n) is 10.5. The van der Waals surface area contributed by atoms with E-state index in [2.05, 4.69) is 15.2 Å². The lowest BCUT2D eigenvalue weighted by molar-refractivity contribution is -0.122. The zero-order valence-corrected chi connectivity index (χ0v) is 24.5. The molecule has 4 heterocycles. The second kappa shape index (κ2) is 11.6. The SMILES string of the molecule is COc1cc2[nH]cc(C3=C(c4cn(CC(O)CN5CCOCC5)c5cc(OC)c(OC)cc45)C(=O)NC3=O)c2cc1OC. The maximum atomic E-state index is 13.5. The summed E-state index contributed by atoms with van der Waals surface area (Å²) in [5.74, 6) is 0.970. The number of nitrogens with one attached hydrogen (secondary N) is 2. The molecule has 2 amide bonds. The molecular formula is C31H34N4O8. The summed E-state index contributed by atoms with van der Waals surface area (Å²) in [7, 11) is 6.18. The van der Waals surface area contributed by atoms with Crippen LogP contribution in [-0.2, 0) is 20.9 Å². The summed E-state index contributed by atoms with van der Waals surface area (Å²) in [4.78, 5) is 32.2. The third-order valence-electron chi connectivity index (χ3n) is 8.02. The molecular weight excluding hydrogens is 556 g/mol. The summed E-state index contributed by atoms with van der Waals surface area (Å²) in [5, 5.41) is 14.9. The van der Waals surface area contributed by atoms with Crippen molar-refractivity contribution in [3.63, 3.8) is 0 Å². The Balaban J connectivity index is 1.52. The number of hydrogen-bond acceptors (Lipinski definition) is 9. The molecule has 2 aromatic carbocycles. The number of ether oxygens (including phenoxy) is 5. The van der Waals surface area contributed by atoms with E-state index >= 15 is 0 Å². The number of carbonyl (C=O) groups excluding carboxylic acids is 2. The number of rotatable bonds is 10. The van der Waals surface area contributed by atoms with E-state index in [4.69, 9.17) is 23.7 Å². The number of nitrogens with zero attached hydrogens (tertiary/aromatic N) is 2. The molecule has 0 radical (unpaired) electrons. The number of imide groups is 1. The van der Waals surface area contributed by atoms with E-state index in [0.717, 1.165) is 18.6 Å². The van der Waals surface area contributed by atoms with Crippen LogP contribution in [0.1, 0.15) is 11.1 Å². The number of amides is 2. The average molecular weight is 591 g/mol. The van der Waals surface area contributed by atoms with Crippen molar-refractivity contribution >= 4 is 44.8 Å². The van der Waals surface area contributed by atoms with E-state index < -0.39 is 17.9 Å². The van der Waals surface area contributed by atoms with Gasteiger partial charge in [0.2, 0.25) is 0 Å². The number of aliphatic hydroxyl groups excluding tert-OH is 1. The van der Waals surface area contributed by atoms with Gasteiger partial charge in [0, 0.05) is 78.1 Å². The molecule has 226 valence electrons. The minimum atomic E-state index is -0.696. The highest BCUT2D eigenvalue weighted by molar-refractivity contribution is 6.50. The molecule has 2 aliphatic rings. The maximum Gasteiger partial charge on any atom is 0.259 e. The van der Waals surface area contributed by atoms with Crippen molar-refractivity contribution in [1.82, 2.24) is 19.8 Å². The molecule has 2 aliphatic heterocycles. The van der Waals surface area contributed by atoms with E-state index in [1.807, 2.05) is 10.6 Å². The molecule has 43 heavy (non-hydrogen) atoms. The Kier molecular flexibility index (Phi) is 7.74. The van der Waals surface area contributed by atoms with Gasteiger partial charge >= 0.3 is 0 Å². The number of aromatic nitrogens is 2. The number of benzene rings is 2. The van der Waals surface area contributed by atoms with Crippen LogP contribution in [0, 0.1) is 0 Å². The van der Waals surface area contributed by atoms with Crippen LogP contribution in [0.3, 0.4) is 0 Å². The van der Waals surface area contributed by atoms with Gasteiger partial charge in [-0.2, -0.15) is 0 Å². The monoisotopic (exact) mass is 590 g/mol. The molecule has 1 saturated heterocycles. The molecule has 0 saturated carbocycles. The summed E-state index contributed by atoms with van der Waals surface area (Å²) in [5.41, 5.74) is 2.96. The van der Waals surface area contributed by atoms with Crippen molar-refractivity contribution in [3.05, 3.63) is 47.8 Å². The number of H-pyrrole nitrogens is 1. The first-order chi connectivity index (χ1) is 20.9. The van der Waals surface area contributed by atoms with Gasteiger partial charge in [-0.1, -0.05) is 0 Å². The molecule has 0 aliphatic carbocycles. The molecule has 12 nitrogen and oxygen atoms in total. The van der Waals surface area contributed by atoms with Crippen LogP contribution in [0.25, 0.3) is 33.0 Å². The van der Waals surface area contributed by atoms with Gasteiger partial charge in [-0.05, 0) is 12.1 Å². The standard InChI is InChI=1S/C31H34N4O8/c1-39-24-9-18-20(13-32-22(18)11-26(24)41-3)28-29(31(38)33-30(28)37)21-16-35(15-17(36)14-34-5-7-43-8-6-34)23-12-27(42-4)25(40-2)10-19(21)23/h9-13,16-17,32,36H,5-8,14-15H2,1-4H3,(H,33,37,38). The van der Waals surface area contributed by atoms with Crippen LogP contribution in [0.4, 0.5) is 0 Å². The molecule has 4 aromatic rings. The number of aliphatic hydroxyl groups is 1. The van der Waals surface area contributed by atoms with Gasteiger partial charge in [0.25, 0.3) is 11.8 Å². The van der Waals surface area contributed by atoms with Crippen molar-refractivity contribution in [2.75, 3.05) is 61.3 Å². The highest BCUT2D eigenvalue weighted by Gasteiger charge is 2.36. The van der Waals surface area contributed by atoms with E-state index in [1.165, 1.54) is 14.2 Å². The lowest BCUT2D eigenvalue weighted by Crippen LogP contribution is -2.41. The summed E-state index contributed by atoms with van der Waals surface area (Å²) in [6.45, 7) is 3.49. The highest BCUT2D eigenvalue weighted by Crippen LogP contribution is 2.43. The minimum Gasteiger partial charge on any atom is -0.493 e. The number of hydrogen-bond donors (Lipinski definition) is 3. The maximum absolute atomic E-state index is 13.5. The van der Waals surface area contributed by atoms with Crippen LogP contribution in [-0.4, -0.2) is 98.8 Å². The van der Waals surface area contributed by atoms with Crippen LogP contribution in [0.15, 0.2) is 36.7 Å². The predicted molar refractivity (Wildman–Crippen MR) is 160 cm³/mol. The van der Waals surface area contributed by atoms with Crippen LogP contribution in [0.2, 0.25) is 0 Å². The first-order valence-electron chi connectivity index (χ1n) is 13.9. The van der Waals surface area contributed by atoms with E-state index in [9.17, 15) is 14.7 Å². The number of carbonyl (C=O) groups is 2. The Hall–Kier alpha value is -4.52. The Morgan fingerprint density at radius 3 is 2.05 bits per heavy atom. The zero-order valence-electron chi connectivity index (χ0n) is 24.5. The van der Waals surface area contributed by atoms with Crippen molar-refractivity contribution in [2.45, 2.75) is 12.6 Å². The van der Waals surface area contributed by atoms with Gasteiger partial charge in [0.05, 0.1) is 64.4 Å². The fraction of sp³-hybridized carbons (Fsp3) is 0.355. The zero-order chi connectivity index (χ0) is 30.2. The summed E-state index contributed by atoms with van der Waals surface area (Å²) in [6, 6.07) is 7.17. The normalized spacial score (nSPS) is 16.7. The van der Waals surface area contributed by atoms with Gasteiger partial charge in [-0.25, -0.2) is 0 Å². The molecule has 0 bridgehead atoms. The lowest BCUT2D eigenvalue weighted by Gasteiger charge is -2.28. The van der Waals surface area contributed by atoms with Gasteiger partial charge < -0.3 is 38.3 Å². The molecule has 1 fully saturated rings. The number of β-amino-alcohol motifs (C(OH)–C–C–N with tert-alkyl or cyclic N) is 1. The molecule has 0 spiro atoms.